The third-order valence-corrected chi connectivity index (χ3v) is 3.07. The molecule has 2 heterocycles. The molecule has 3 rings (SSSR count). The molecule has 7 heteroatoms. The Kier molecular flexibility index (Phi) is 5.54. The second kappa shape index (κ2) is 6.76. The van der Waals surface area contributed by atoms with E-state index in [1.165, 1.54) is 0 Å². The molecule has 0 spiro atoms. The summed E-state index contributed by atoms with van der Waals surface area (Å²) in [5.74, 6) is 0.477. The van der Waals surface area contributed by atoms with Gasteiger partial charge in [-0.25, -0.2) is 4.79 Å². The fourth-order valence-electron chi connectivity index (χ4n) is 2.22. The van der Waals surface area contributed by atoms with Crippen LogP contribution in [0.15, 0.2) is 45.9 Å². The maximum Gasteiger partial charge on any atom is 0.343 e. The monoisotopic (exact) mass is 327 g/mol. The summed E-state index contributed by atoms with van der Waals surface area (Å²) in [7, 11) is 0. The van der Waals surface area contributed by atoms with Gasteiger partial charge in [-0.3, -0.25) is 5.10 Å². The van der Waals surface area contributed by atoms with E-state index in [9.17, 15) is 4.79 Å². The van der Waals surface area contributed by atoms with Gasteiger partial charge in [0.2, 0.25) is 0 Å². The Balaban J connectivity index is 0.00000110. The van der Waals surface area contributed by atoms with E-state index in [0.29, 0.717) is 11.1 Å². The number of nitrogens with zero attached hydrogens (tertiary/aromatic N) is 1. The third-order valence-electron chi connectivity index (χ3n) is 3.07. The number of benzene rings is 1. The summed E-state index contributed by atoms with van der Waals surface area (Å²) >= 11 is 0. The summed E-state index contributed by atoms with van der Waals surface area (Å²) in [6.45, 7) is 1.79. The molecule has 3 aromatic rings. The highest BCUT2D eigenvalue weighted by Gasteiger charge is 2.18. The largest absolute Gasteiger partial charge is 0.425 e. The molecule has 0 saturated carbocycles. The van der Waals surface area contributed by atoms with Crippen LogP contribution in [0.4, 0.5) is 0 Å². The normalized spacial score (nSPS) is 11.5. The first-order chi connectivity index (χ1) is 9.18. The van der Waals surface area contributed by atoms with E-state index in [-0.39, 0.29) is 36.5 Å². The molecule has 1 unspecified atom stereocenters. The van der Waals surface area contributed by atoms with Crippen molar-refractivity contribution in [3.05, 3.63) is 52.8 Å². The summed E-state index contributed by atoms with van der Waals surface area (Å²) in [6.07, 6.45) is 3.45. The first-order valence-electron chi connectivity index (χ1n) is 5.99. The van der Waals surface area contributed by atoms with E-state index < -0.39 is 0 Å². The lowest BCUT2D eigenvalue weighted by atomic mass is 9.98. The molecule has 0 fully saturated rings. The van der Waals surface area contributed by atoms with Crippen LogP contribution in [0.1, 0.15) is 18.7 Å². The van der Waals surface area contributed by atoms with Crippen molar-refractivity contribution in [3.8, 4) is 11.1 Å². The zero-order chi connectivity index (χ0) is 13.4. The molecule has 0 aliphatic heterocycles. The van der Waals surface area contributed by atoms with Crippen LogP contribution < -0.4 is 11.4 Å². The maximum absolute atomic E-state index is 12.0. The lowest BCUT2D eigenvalue weighted by molar-refractivity contribution is 0.444. The SMILES string of the molecule is CC(N)c1oc(=O)c2ccccc2c1-c1cn[nH]c1.Cl.Cl. The molecule has 5 nitrogen and oxygen atoms in total. The molecule has 21 heavy (non-hydrogen) atoms. The average molecular weight is 328 g/mol. The first kappa shape index (κ1) is 17.2. The lowest BCUT2D eigenvalue weighted by Gasteiger charge is -2.12. The molecular weight excluding hydrogens is 313 g/mol. The van der Waals surface area contributed by atoms with Crippen LogP contribution in [0.5, 0.6) is 0 Å². The Hall–Kier alpha value is -1.82. The summed E-state index contributed by atoms with van der Waals surface area (Å²) in [5.41, 5.74) is 7.22. The highest BCUT2D eigenvalue weighted by molar-refractivity contribution is 5.96. The molecule has 3 N–H and O–H groups in total. The van der Waals surface area contributed by atoms with Gasteiger partial charge in [0.05, 0.1) is 17.6 Å². The van der Waals surface area contributed by atoms with Gasteiger partial charge in [-0.15, -0.1) is 24.8 Å². The summed E-state index contributed by atoms with van der Waals surface area (Å²) in [5, 5.41) is 8.08. The summed E-state index contributed by atoms with van der Waals surface area (Å²) in [6, 6.07) is 6.96. The number of aromatic amines is 1. The fourth-order valence-corrected chi connectivity index (χ4v) is 2.22. The predicted octanol–water partition coefficient (Wildman–Crippen LogP) is 3.05. The van der Waals surface area contributed by atoms with E-state index in [2.05, 4.69) is 10.2 Å². The number of nitrogens with two attached hydrogens (primary N) is 1. The van der Waals surface area contributed by atoms with Gasteiger partial charge in [-0.2, -0.15) is 5.10 Å². The zero-order valence-electron chi connectivity index (χ0n) is 11.2. The minimum Gasteiger partial charge on any atom is -0.425 e. The van der Waals surface area contributed by atoms with Crippen molar-refractivity contribution in [2.24, 2.45) is 5.73 Å². The van der Waals surface area contributed by atoms with Crippen LogP contribution in [-0.4, -0.2) is 10.2 Å². The van der Waals surface area contributed by atoms with Crippen molar-refractivity contribution >= 4 is 35.6 Å². The van der Waals surface area contributed by atoms with Crippen LogP contribution in [0.25, 0.3) is 21.9 Å². The third kappa shape index (κ3) is 2.95. The number of nitrogens with one attached hydrogen (secondary N) is 1. The van der Waals surface area contributed by atoms with Crippen molar-refractivity contribution in [2.75, 3.05) is 0 Å². The number of aromatic nitrogens is 2. The lowest BCUT2D eigenvalue weighted by Crippen LogP contribution is -2.12. The van der Waals surface area contributed by atoms with Crippen LogP contribution in [0, 0.1) is 0 Å². The zero-order valence-corrected chi connectivity index (χ0v) is 12.8. The molecule has 0 radical (unpaired) electrons. The Morgan fingerprint density at radius 2 is 1.90 bits per heavy atom. The molecule has 0 bridgehead atoms. The van der Waals surface area contributed by atoms with E-state index in [0.717, 1.165) is 16.5 Å². The van der Waals surface area contributed by atoms with Crippen molar-refractivity contribution in [2.45, 2.75) is 13.0 Å². The van der Waals surface area contributed by atoms with E-state index in [4.69, 9.17) is 10.2 Å². The molecular formula is C14H15Cl2N3O2. The van der Waals surface area contributed by atoms with Gasteiger partial charge in [0.1, 0.15) is 5.76 Å². The van der Waals surface area contributed by atoms with E-state index in [1.807, 2.05) is 18.2 Å². The number of fused-ring (bicyclic) bond motifs is 1. The second-order valence-electron chi connectivity index (χ2n) is 4.45. The van der Waals surface area contributed by atoms with Gasteiger partial charge in [-0.05, 0) is 13.0 Å². The van der Waals surface area contributed by atoms with Crippen LogP contribution >= 0.6 is 24.8 Å². The van der Waals surface area contributed by atoms with Crippen molar-refractivity contribution in [1.29, 1.82) is 0 Å². The van der Waals surface area contributed by atoms with Crippen molar-refractivity contribution in [3.63, 3.8) is 0 Å². The van der Waals surface area contributed by atoms with Crippen molar-refractivity contribution in [1.82, 2.24) is 10.2 Å². The van der Waals surface area contributed by atoms with Gasteiger partial charge in [0, 0.05) is 22.7 Å². The number of hydrogen-bond acceptors (Lipinski definition) is 4. The molecule has 0 amide bonds. The van der Waals surface area contributed by atoms with Crippen LogP contribution in [0.2, 0.25) is 0 Å². The predicted molar refractivity (Wildman–Crippen MR) is 87.2 cm³/mol. The first-order valence-corrected chi connectivity index (χ1v) is 5.99. The Morgan fingerprint density at radius 3 is 2.48 bits per heavy atom. The molecule has 0 saturated heterocycles. The van der Waals surface area contributed by atoms with Crippen LogP contribution in [-0.2, 0) is 0 Å². The van der Waals surface area contributed by atoms with Gasteiger partial charge in [0.25, 0.3) is 0 Å². The number of halogens is 2. The molecule has 1 atom stereocenters. The number of hydrogen-bond donors (Lipinski definition) is 2. The Labute approximate surface area is 133 Å². The standard InChI is InChI=1S/C14H13N3O2.2ClH/c1-8(15)13-12(9-6-16-17-7-9)10-4-2-3-5-11(10)14(18)19-13;;/h2-8H,15H2,1H3,(H,16,17);2*1H. The fraction of sp³-hybridized carbons (Fsp3) is 0.143. The van der Waals surface area contributed by atoms with Crippen molar-refractivity contribution < 1.29 is 4.42 Å². The molecule has 112 valence electrons. The smallest absolute Gasteiger partial charge is 0.343 e. The second-order valence-corrected chi connectivity index (χ2v) is 4.45. The topological polar surface area (TPSA) is 84.9 Å². The van der Waals surface area contributed by atoms with Gasteiger partial charge in [0.15, 0.2) is 0 Å². The minimum absolute atomic E-state index is 0. The highest BCUT2D eigenvalue weighted by atomic mass is 35.5. The highest BCUT2D eigenvalue weighted by Crippen LogP contribution is 2.32. The average Bonchev–Trinajstić information content (AvgIpc) is 2.92. The Bertz CT molecular complexity index is 783. The maximum atomic E-state index is 12.0. The van der Waals surface area contributed by atoms with Gasteiger partial charge >= 0.3 is 5.63 Å². The quantitative estimate of drug-likeness (QED) is 0.757. The summed E-state index contributed by atoms with van der Waals surface area (Å²) in [4.78, 5) is 12.0. The molecule has 1 aromatic carbocycles. The molecule has 0 aliphatic carbocycles. The number of H-pyrrole nitrogens is 1. The van der Waals surface area contributed by atoms with Gasteiger partial charge < -0.3 is 10.2 Å². The molecule has 0 aliphatic rings. The van der Waals surface area contributed by atoms with E-state index >= 15 is 0 Å². The Morgan fingerprint density at radius 1 is 1.24 bits per heavy atom. The minimum atomic E-state index is -0.373. The van der Waals surface area contributed by atoms with Gasteiger partial charge in [-0.1, -0.05) is 18.2 Å². The summed E-state index contributed by atoms with van der Waals surface area (Å²) < 4.78 is 5.38. The van der Waals surface area contributed by atoms with E-state index in [1.54, 1.807) is 25.4 Å². The molecule has 2 aromatic heterocycles. The number of rotatable bonds is 2. The van der Waals surface area contributed by atoms with Crippen LogP contribution in [0.3, 0.4) is 0 Å².